The highest BCUT2D eigenvalue weighted by Gasteiger charge is 2.52. The van der Waals surface area contributed by atoms with Crippen LogP contribution in [-0.4, -0.2) is 50.0 Å². The van der Waals surface area contributed by atoms with Crippen LogP contribution in [0.5, 0.6) is 5.75 Å². The van der Waals surface area contributed by atoms with Crippen LogP contribution in [0.4, 0.5) is 23.2 Å². The number of alkyl halides is 3. The fraction of sp³-hybridized carbons (Fsp3) is 0.303. The molecule has 3 aromatic carbocycles. The summed E-state index contributed by atoms with van der Waals surface area (Å²) >= 11 is 0. The highest BCUT2D eigenvalue weighted by molar-refractivity contribution is 7.92. The number of nitrogens with one attached hydrogen (secondary N) is 2. The van der Waals surface area contributed by atoms with Crippen molar-refractivity contribution in [1.82, 2.24) is 5.32 Å². The Morgan fingerprint density at radius 3 is 2.28 bits per heavy atom. The molecule has 0 spiro atoms. The van der Waals surface area contributed by atoms with Crippen LogP contribution in [-0.2, 0) is 24.8 Å². The van der Waals surface area contributed by atoms with Gasteiger partial charge in [-0.2, -0.15) is 13.2 Å². The van der Waals surface area contributed by atoms with E-state index >= 15 is 4.39 Å². The number of anilines is 1. The van der Waals surface area contributed by atoms with Crippen LogP contribution in [0.1, 0.15) is 35.2 Å². The SMILES string of the molecule is COc1cc(F)c(-c2ccc(C3(C(=O)O)CC3)cc2)cc1C(=O)NC1C2C=CC(C2)C1C(=O)Nc1cccc(S(=O)(=O)C(F)(F)F)c1. The van der Waals surface area contributed by atoms with Crippen molar-refractivity contribution in [2.45, 2.75) is 41.1 Å². The molecule has 9 nitrogen and oxygen atoms in total. The van der Waals surface area contributed by atoms with Gasteiger partial charge in [0.05, 0.1) is 28.9 Å². The van der Waals surface area contributed by atoms with E-state index in [2.05, 4.69) is 10.6 Å². The number of hydrogen-bond donors (Lipinski definition) is 3. The van der Waals surface area contributed by atoms with Gasteiger partial charge in [-0.25, -0.2) is 12.8 Å². The lowest BCUT2D eigenvalue weighted by Crippen LogP contribution is -2.47. The number of carboxylic acids is 1. The summed E-state index contributed by atoms with van der Waals surface area (Å²) in [5, 5.41) is 14.9. The van der Waals surface area contributed by atoms with Crippen LogP contribution in [0.3, 0.4) is 0 Å². The Kier molecular flexibility index (Phi) is 7.89. The summed E-state index contributed by atoms with van der Waals surface area (Å²) in [7, 11) is -4.38. The van der Waals surface area contributed by atoms with Gasteiger partial charge in [-0.1, -0.05) is 42.5 Å². The number of methoxy groups -OCH3 is 1. The third kappa shape index (κ3) is 5.64. The van der Waals surface area contributed by atoms with Gasteiger partial charge in [0.1, 0.15) is 11.6 Å². The van der Waals surface area contributed by atoms with Gasteiger partial charge < -0.3 is 20.5 Å². The van der Waals surface area contributed by atoms with E-state index in [4.69, 9.17) is 4.74 Å². The predicted molar refractivity (Wildman–Crippen MR) is 161 cm³/mol. The zero-order valence-corrected chi connectivity index (χ0v) is 25.5. The summed E-state index contributed by atoms with van der Waals surface area (Å²) in [6.07, 6.45) is 5.20. The summed E-state index contributed by atoms with van der Waals surface area (Å²) in [4.78, 5) is 37.8. The molecule has 0 heterocycles. The minimum Gasteiger partial charge on any atom is -0.496 e. The molecule has 0 saturated heterocycles. The molecule has 246 valence electrons. The lowest BCUT2D eigenvalue weighted by Gasteiger charge is -2.28. The van der Waals surface area contributed by atoms with Crippen LogP contribution in [0, 0.1) is 23.6 Å². The van der Waals surface area contributed by atoms with E-state index in [1.807, 2.05) is 12.2 Å². The Morgan fingerprint density at radius 1 is 0.979 bits per heavy atom. The minimum atomic E-state index is -5.64. The average molecular weight is 673 g/mol. The van der Waals surface area contributed by atoms with Crippen molar-refractivity contribution in [3.05, 3.63) is 89.8 Å². The molecule has 3 aliphatic rings. The average Bonchev–Trinajstić information content (AvgIpc) is 3.61. The van der Waals surface area contributed by atoms with Gasteiger partial charge in [0.15, 0.2) is 0 Å². The number of fused-ring (bicyclic) bond motifs is 2. The summed E-state index contributed by atoms with van der Waals surface area (Å²) < 4.78 is 83.6. The van der Waals surface area contributed by atoms with E-state index in [-0.39, 0.29) is 34.4 Å². The van der Waals surface area contributed by atoms with Gasteiger partial charge in [-0.05, 0) is 66.5 Å². The molecule has 2 bridgehead atoms. The molecule has 2 saturated carbocycles. The second kappa shape index (κ2) is 11.5. The lowest BCUT2D eigenvalue weighted by molar-refractivity contribution is -0.140. The number of benzene rings is 3. The number of carbonyl (C=O) groups excluding carboxylic acids is 2. The molecule has 3 aliphatic carbocycles. The van der Waals surface area contributed by atoms with Crippen molar-refractivity contribution in [2.24, 2.45) is 17.8 Å². The van der Waals surface area contributed by atoms with Gasteiger partial charge in [0.2, 0.25) is 5.91 Å². The molecule has 2 fully saturated rings. The van der Waals surface area contributed by atoms with Crippen LogP contribution in [0.25, 0.3) is 11.1 Å². The number of sulfone groups is 1. The number of amides is 2. The fourth-order valence-electron chi connectivity index (χ4n) is 6.55. The van der Waals surface area contributed by atoms with E-state index in [9.17, 15) is 41.1 Å². The highest BCUT2D eigenvalue weighted by Crippen LogP contribution is 2.49. The molecule has 3 N–H and O–H groups in total. The number of allylic oxidation sites excluding steroid dienone is 1. The molecular weight excluding hydrogens is 644 g/mol. The van der Waals surface area contributed by atoms with Gasteiger partial charge in [0.25, 0.3) is 15.7 Å². The van der Waals surface area contributed by atoms with Crippen LogP contribution >= 0.6 is 0 Å². The maximum absolute atomic E-state index is 15.2. The summed E-state index contributed by atoms with van der Waals surface area (Å²) in [6.45, 7) is 0. The predicted octanol–water partition coefficient (Wildman–Crippen LogP) is 5.47. The zero-order valence-electron chi connectivity index (χ0n) is 24.7. The van der Waals surface area contributed by atoms with Crippen molar-refractivity contribution in [3.63, 3.8) is 0 Å². The standard InChI is InChI=1S/C33H28F4N2O7S/c1-46-26-16-25(34)23(17-7-9-20(10-8-17)32(11-12-32)31(42)43)15-24(26)29(40)39-28-19-6-5-18(13-19)27(28)30(41)38-21-3-2-4-22(14-21)47(44,45)33(35,36)37/h2-10,14-16,18-19,27-28H,11-13H2,1H3,(H,38,41)(H,39,40)(H,42,43). The first-order valence-electron chi connectivity index (χ1n) is 14.6. The van der Waals surface area contributed by atoms with E-state index in [1.165, 1.54) is 19.2 Å². The van der Waals surface area contributed by atoms with E-state index in [1.54, 1.807) is 24.3 Å². The first-order chi connectivity index (χ1) is 22.2. The van der Waals surface area contributed by atoms with Crippen molar-refractivity contribution in [2.75, 3.05) is 12.4 Å². The van der Waals surface area contributed by atoms with Gasteiger partial charge in [-0.3, -0.25) is 14.4 Å². The molecular formula is C33H28F4N2O7S. The van der Waals surface area contributed by atoms with E-state index in [0.29, 0.717) is 30.4 Å². The first kappa shape index (κ1) is 32.2. The van der Waals surface area contributed by atoms with Crippen molar-refractivity contribution >= 4 is 33.3 Å². The van der Waals surface area contributed by atoms with Crippen molar-refractivity contribution in [3.8, 4) is 16.9 Å². The van der Waals surface area contributed by atoms with Crippen LogP contribution in [0.2, 0.25) is 0 Å². The topological polar surface area (TPSA) is 139 Å². The molecule has 4 unspecified atom stereocenters. The molecule has 4 atom stereocenters. The maximum Gasteiger partial charge on any atom is 0.501 e. The van der Waals surface area contributed by atoms with Gasteiger partial charge in [0, 0.05) is 23.4 Å². The number of carbonyl (C=O) groups is 3. The Hall–Kier alpha value is -4.72. The molecule has 0 radical (unpaired) electrons. The largest absolute Gasteiger partial charge is 0.501 e. The smallest absolute Gasteiger partial charge is 0.496 e. The van der Waals surface area contributed by atoms with Crippen LogP contribution in [0.15, 0.2) is 77.7 Å². The number of aliphatic carboxylic acids is 1. The van der Waals surface area contributed by atoms with Crippen molar-refractivity contribution in [1.29, 1.82) is 0 Å². The molecule has 14 heteroatoms. The number of ether oxygens (including phenoxy) is 1. The second-order valence-electron chi connectivity index (χ2n) is 11.9. The second-order valence-corrected chi connectivity index (χ2v) is 13.9. The molecule has 0 aliphatic heterocycles. The van der Waals surface area contributed by atoms with E-state index < -0.39 is 61.2 Å². The number of hydrogen-bond acceptors (Lipinski definition) is 6. The number of carboxylic acid groups (broad SMARTS) is 1. The summed E-state index contributed by atoms with van der Waals surface area (Å²) in [5.41, 5.74) is -5.58. The molecule has 0 aromatic heterocycles. The Bertz CT molecular complexity index is 1920. The Balaban J connectivity index is 1.24. The minimum absolute atomic E-state index is 0.0202. The van der Waals surface area contributed by atoms with Crippen molar-refractivity contribution < 1.29 is 50.2 Å². The fourth-order valence-corrected chi connectivity index (χ4v) is 7.36. The third-order valence-corrected chi connectivity index (χ3v) is 10.7. The molecule has 47 heavy (non-hydrogen) atoms. The summed E-state index contributed by atoms with van der Waals surface area (Å²) in [6, 6.07) is 11.9. The monoisotopic (exact) mass is 672 g/mol. The summed E-state index contributed by atoms with van der Waals surface area (Å²) in [5.74, 6) is -4.37. The van der Waals surface area contributed by atoms with E-state index in [0.717, 1.165) is 24.3 Å². The van der Waals surface area contributed by atoms with Gasteiger partial charge >= 0.3 is 11.5 Å². The third-order valence-electron chi connectivity index (χ3n) is 9.22. The molecule has 2 amide bonds. The molecule has 3 aromatic rings. The maximum atomic E-state index is 15.2. The normalized spacial score (nSPS) is 22.5. The number of halogens is 4. The first-order valence-corrected chi connectivity index (χ1v) is 16.1. The highest BCUT2D eigenvalue weighted by atomic mass is 32.2. The van der Waals surface area contributed by atoms with Crippen LogP contribution < -0.4 is 15.4 Å². The lowest BCUT2D eigenvalue weighted by atomic mass is 9.87. The number of rotatable bonds is 9. The quantitative estimate of drug-likeness (QED) is 0.203. The zero-order chi connectivity index (χ0) is 33.9. The van der Waals surface area contributed by atoms with Gasteiger partial charge in [-0.15, -0.1) is 0 Å². The molecule has 6 rings (SSSR count). The Labute approximate surface area is 266 Å². The Morgan fingerprint density at radius 2 is 1.66 bits per heavy atom.